The second-order valence-electron chi connectivity index (χ2n) is 5.50. The maximum atomic E-state index is 12.2. The molecule has 2 N–H and O–H groups in total. The molecule has 3 aromatic rings. The summed E-state index contributed by atoms with van der Waals surface area (Å²) >= 11 is 1.42. The second-order valence-corrected chi connectivity index (χ2v) is 8.64. The first-order valence-corrected chi connectivity index (χ1v) is 10.1. The topological polar surface area (TPSA) is 88.2 Å². The van der Waals surface area contributed by atoms with E-state index in [1.807, 2.05) is 25.1 Å². The number of anilines is 1. The summed E-state index contributed by atoms with van der Waals surface area (Å²) in [6, 6.07) is 14.0. The number of benzene rings is 2. The number of fused-ring (bicyclic) bond motifs is 1. The highest BCUT2D eigenvalue weighted by molar-refractivity contribution is 7.91. The monoisotopic (exact) mass is 375 g/mol. The van der Waals surface area contributed by atoms with Gasteiger partial charge in [-0.05, 0) is 30.7 Å². The minimum absolute atomic E-state index is 0.131. The van der Waals surface area contributed by atoms with Gasteiger partial charge < -0.3 is 0 Å². The van der Waals surface area contributed by atoms with Gasteiger partial charge >= 0.3 is 0 Å². The van der Waals surface area contributed by atoms with Gasteiger partial charge in [0.2, 0.25) is 11.0 Å². The molecule has 0 unspecified atom stereocenters. The van der Waals surface area contributed by atoms with Crippen LogP contribution in [0.2, 0.25) is 0 Å². The summed E-state index contributed by atoms with van der Waals surface area (Å²) in [5.74, 6) is -0.654. The number of carbonyl (C=O) groups is 1. The number of amides is 1. The lowest BCUT2D eigenvalue weighted by Crippen LogP contribution is -2.30. The summed E-state index contributed by atoms with van der Waals surface area (Å²) < 4.78 is 25.3. The number of hydrogen-bond donors (Lipinski definition) is 2. The maximum absolute atomic E-state index is 12.2. The van der Waals surface area contributed by atoms with Crippen molar-refractivity contribution in [1.29, 1.82) is 0 Å². The summed E-state index contributed by atoms with van der Waals surface area (Å²) in [5, 5.41) is 0.559. The first-order valence-electron chi connectivity index (χ1n) is 7.64. The third-order valence-corrected chi connectivity index (χ3v) is 6.30. The minimum atomic E-state index is -3.47. The van der Waals surface area contributed by atoms with Crippen LogP contribution in [0.1, 0.15) is 12.0 Å². The summed E-state index contributed by atoms with van der Waals surface area (Å²) in [6.45, 7) is 1.97. The van der Waals surface area contributed by atoms with Gasteiger partial charge in [0, 0.05) is 6.42 Å². The number of hydrazine groups is 1. The maximum Gasteiger partial charge on any atom is 0.239 e. The standard InChI is InChI=1S/C17H17N3O3S2/c1-12-6-5-9-14-16(12)18-17(24-14)20-19-15(21)10-11-25(22,23)13-7-3-2-4-8-13/h2-9H,10-11H2,1H3,(H,18,20)(H,19,21). The van der Waals surface area contributed by atoms with Crippen molar-refractivity contribution in [2.45, 2.75) is 18.2 Å². The molecule has 1 heterocycles. The zero-order chi connectivity index (χ0) is 17.9. The van der Waals surface area contributed by atoms with Gasteiger partial charge in [0.05, 0.1) is 20.9 Å². The fraction of sp³-hybridized carbons (Fsp3) is 0.176. The van der Waals surface area contributed by atoms with Crippen LogP contribution in [-0.2, 0) is 14.6 Å². The molecule has 0 spiro atoms. The number of rotatable bonds is 6. The smallest absolute Gasteiger partial charge is 0.239 e. The van der Waals surface area contributed by atoms with E-state index >= 15 is 0 Å². The van der Waals surface area contributed by atoms with E-state index in [4.69, 9.17) is 0 Å². The Morgan fingerprint density at radius 1 is 1.12 bits per heavy atom. The van der Waals surface area contributed by atoms with E-state index in [9.17, 15) is 13.2 Å². The van der Waals surface area contributed by atoms with Gasteiger partial charge in [-0.2, -0.15) is 0 Å². The van der Waals surface area contributed by atoms with Crippen molar-refractivity contribution in [3.63, 3.8) is 0 Å². The van der Waals surface area contributed by atoms with E-state index in [2.05, 4.69) is 15.8 Å². The number of aryl methyl sites for hydroxylation is 1. The molecule has 0 bridgehead atoms. The zero-order valence-corrected chi connectivity index (χ0v) is 15.2. The van der Waals surface area contributed by atoms with Crippen molar-refractivity contribution < 1.29 is 13.2 Å². The van der Waals surface area contributed by atoms with E-state index in [1.165, 1.54) is 23.5 Å². The van der Waals surface area contributed by atoms with Gasteiger partial charge in [-0.25, -0.2) is 13.4 Å². The average Bonchev–Trinajstić information content (AvgIpc) is 3.04. The fourth-order valence-corrected chi connectivity index (χ4v) is 4.46. The molecule has 0 aliphatic rings. The lowest BCUT2D eigenvalue weighted by Gasteiger charge is -2.06. The van der Waals surface area contributed by atoms with Crippen LogP contribution < -0.4 is 10.9 Å². The van der Waals surface area contributed by atoms with Crippen LogP contribution in [0, 0.1) is 6.92 Å². The van der Waals surface area contributed by atoms with Crippen molar-refractivity contribution in [2.24, 2.45) is 0 Å². The Bertz CT molecular complexity index is 998. The Hall–Kier alpha value is -2.45. The second kappa shape index (κ2) is 7.20. The first-order chi connectivity index (χ1) is 12.0. The van der Waals surface area contributed by atoms with Gasteiger partial charge in [0.25, 0.3) is 0 Å². The van der Waals surface area contributed by atoms with Gasteiger partial charge in [-0.3, -0.25) is 15.6 Å². The Morgan fingerprint density at radius 2 is 1.88 bits per heavy atom. The molecule has 0 aliphatic heterocycles. The Morgan fingerprint density at radius 3 is 2.60 bits per heavy atom. The minimum Gasteiger partial charge on any atom is -0.273 e. The predicted octanol–water partition coefficient (Wildman–Crippen LogP) is 2.91. The molecule has 130 valence electrons. The highest BCUT2D eigenvalue weighted by atomic mass is 32.2. The Labute approximate surface area is 149 Å². The van der Waals surface area contributed by atoms with Crippen molar-refractivity contribution in [2.75, 3.05) is 11.2 Å². The average molecular weight is 375 g/mol. The molecule has 0 saturated carbocycles. The van der Waals surface area contributed by atoms with Crippen LogP contribution in [0.5, 0.6) is 0 Å². The molecule has 6 nitrogen and oxygen atoms in total. The zero-order valence-electron chi connectivity index (χ0n) is 13.5. The molecule has 3 rings (SSSR count). The lowest BCUT2D eigenvalue weighted by atomic mass is 10.2. The SMILES string of the molecule is Cc1cccc2sc(NNC(=O)CCS(=O)(=O)c3ccccc3)nc12. The quantitative estimate of drug-likeness (QED) is 0.647. The molecular formula is C17H17N3O3S2. The first kappa shape index (κ1) is 17.4. The van der Waals surface area contributed by atoms with Gasteiger partial charge in [-0.15, -0.1) is 0 Å². The van der Waals surface area contributed by atoms with E-state index < -0.39 is 15.7 Å². The summed E-state index contributed by atoms with van der Waals surface area (Å²) in [4.78, 5) is 16.6. The van der Waals surface area contributed by atoms with Crippen LogP contribution in [0.15, 0.2) is 53.4 Å². The summed E-state index contributed by atoms with van der Waals surface area (Å²) in [5.41, 5.74) is 7.19. The van der Waals surface area contributed by atoms with Crippen LogP contribution >= 0.6 is 11.3 Å². The van der Waals surface area contributed by atoms with Crippen LogP contribution in [0.4, 0.5) is 5.13 Å². The predicted molar refractivity (Wildman–Crippen MR) is 99.2 cm³/mol. The number of nitrogens with one attached hydrogen (secondary N) is 2. The van der Waals surface area contributed by atoms with Crippen molar-refractivity contribution >= 4 is 42.4 Å². The number of nitrogens with zero attached hydrogens (tertiary/aromatic N) is 1. The number of carbonyl (C=O) groups excluding carboxylic acids is 1. The van der Waals surface area contributed by atoms with E-state index in [-0.39, 0.29) is 17.1 Å². The molecule has 0 radical (unpaired) electrons. The third kappa shape index (κ3) is 4.15. The number of hydrogen-bond acceptors (Lipinski definition) is 6. The van der Waals surface area contributed by atoms with Crippen LogP contribution in [0.25, 0.3) is 10.2 Å². The van der Waals surface area contributed by atoms with Crippen molar-refractivity contribution in [3.8, 4) is 0 Å². The number of aromatic nitrogens is 1. The third-order valence-electron chi connectivity index (χ3n) is 3.63. The molecule has 0 aliphatic carbocycles. The number of thiazole rings is 1. The molecule has 8 heteroatoms. The van der Waals surface area contributed by atoms with Crippen molar-refractivity contribution in [3.05, 3.63) is 54.1 Å². The van der Waals surface area contributed by atoms with E-state index in [0.717, 1.165) is 15.8 Å². The van der Waals surface area contributed by atoms with Gasteiger partial charge in [0.1, 0.15) is 0 Å². The Balaban J connectivity index is 1.57. The molecule has 2 aromatic carbocycles. The van der Waals surface area contributed by atoms with Gasteiger partial charge in [-0.1, -0.05) is 41.7 Å². The number of sulfone groups is 1. The molecular weight excluding hydrogens is 358 g/mol. The summed E-state index contributed by atoms with van der Waals surface area (Å²) in [6.07, 6.45) is -0.131. The molecule has 1 aromatic heterocycles. The normalized spacial score (nSPS) is 11.4. The van der Waals surface area contributed by atoms with E-state index in [1.54, 1.807) is 18.2 Å². The highest BCUT2D eigenvalue weighted by Crippen LogP contribution is 2.27. The van der Waals surface area contributed by atoms with Crippen LogP contribution in [-0.4, -0.2) is 25.1 Å². The highest BCUT2D eigenvalue weighted by Gasteiger charge is 2.16. The van der Waals surface area contributed by atoms with E-state index in [0.29, 0.717) is 5.13 Å². The molecule has 0 saturated heterocycles. The lowest BCUT2D eigenvalue weighted by molar-refractivity contribution is -0.120. The number of para-hydroxylation sites is 1. The summed E-state index contributed by atoms with van der Waals surface area (Å²) in [7, 11) is -3.47. The van der Waals surface area contributed by atoms with Crippen LogP contribution in [0.3, 0.4) is 0 Å². The fourth-order valence-electron chi connectivity index (χ4n) is 2.30. The van der Waals surface area contributed by atoms with Crippen molar-refractivity contribution in [1.82, 2.24) is 10.4 Å². The molecule has 25 heavy (non-hydrogen) atoms. The molecule has 0 atom stereocenters. The largest absolute Gasteiger partial charge is 0.273 e. The Kier molecular flexibility index (Phi) is 5.00. The molecule has 1 amide bonds. The molecule has 0 fully saturated rings. The van der Waals surface area contributed by atoms with Gasteiger partial charge in [0.15, 0.2) is 9.84 Å².